The minimum Gasteiger partial charge on any atom is -0.461 e. The number of hydrogen-bond acceptors (Lipinski definition) is 6. The lowest BCUT2D eigenvalue weighted by molar-refractivity contribution is -0.154. The number of rotatable bonds is 42. The third-order valence-electron chi connectivity index (χ3n) is 10.6. The molecule has 0 aliphatic carbocycles. The number of carbonyl (C=O) groups is 2. The molecule has 0 fully saturated rings. The number of thioether (sulfide) groups is 1. The van der Waals surface area contributed by atoms with Crippen molar-refractivity contribution in [3.8, 4) is 0 Å². The molecule has 0 heterocycles. The van der Waals surface area contributed by atoms with Gasteiger partial charge in [0.1, 0.15) is 12.1 Å². The summed E-state index contributed by atoms with van der Waals surface area (Å²) in [4.78, 5) is 30.5. The molecule has 0 aliphatic rings. The molecule has 0 rings (SSSR count). The van der Waals surface area contributed by atoms with Gasteiger partial charge in [-0.15, -0.1) is 0 Å². The van der Waals surface area contributed by atoms with Gasteiger partial charge in [-0.1, -0.05) is 147 Å². The minimum atomic E-state index is -0.735. The second kappa shape index (κ2) is 42.6. The third kappa shape index (κ3) is 37.6. The van der Waals surface area contributed by atoms with Crippen molar-refractivity contribution in [2.45, 2.75) is 238 Å². The first-order valence-corrected chi connectivity index (χ1v) is 24.9. The molecular weight excluding hydrogens is 715 g/mol. The van der Waals surface area contributed by atoms with E-state index >= 15 is 0 Å². The Balaban J connectivity index is 4.75. The molecular formula is C47H91N5O3S. The average Bonchev–Trinajstić information content (AvgIpc) is 3.18. The number of aliphatic imine (C=N–C) groups is 1. The number of guanidine groups is 1. The van der Waals surface area contributed by atoms with E-state index in [1.807, 2.05) is 6.26 Å². The van der Waals surface area contributed by atoms with E-state index in [2.05, 4.69) is 48.5 Å². The van der Waals surface area contributed by atoms with Crippen LogP contribution in [0.1, 0.15) is 219 Å². The maximum Gasteiger partial charge on any atom is 0.328 e. The molecule has 0 bridgehead atoms. The van der Waals surface area contributed by atoms with Crippen LogP contribution >= 0.6 is 11.8 Å². The highest BCUT2D eigenvalue weighted by molar-refractivity contribution is 7.98. The fraction of sp³-hybridized carbons (Fsp3) is 0.851. The van der Waals surface area contributed by atoms with E-state index in [-0.39, 0.29) is 23.9 Å². The zero-order valence-corrected chi connectivity index (χ0v) is 37.7. The molecule has 0 aromatic carbocycles. The first-order chi connectivity index (χ1) is 27.3. The summed E-state index contributed by atoms with van der Waals surface area (Å²) in [5.74, 6) is 0.104. The number of ether oxygens (including phenoxy) is 1. The summed E-state index contributed by atoms with van der Waals surface area (Å²) < 4.78 is 6.19. The highest BCUT2D eigenvalue weighted by Crippen LogP contribution is 2.19. The summed E-state index contributed by atoms with van der Waals surface area (Å²) in [7, 11) is 0. The van der Waals surface area contributed by atoms with Gasteiger partial charge in [0.15, 0.2) is 5.96 Å². The number of nitrogens with one attached hydrogen (secondary N) is 1. The topological polar surface area (TPSA) is 146 Å². The van der Waals surface area contributed by atoms with Crippen molar-refractivity contribution in [1.82, 2.24) is 5.32 Å². The van der Waals surface area contributed by atoms with E-state index in [9.17, 15) is 9.59 Å². The van der Waals surface area contributed by atoms with Crippen LogP contribution in [-0.4, -0.2) is 54.6 Å². The first kappa shape index (κ1) is 54.0. The van der Waals surface area contributed by atoms with Gasteiger partial charge in [0.05, 0.1) is 6.04 Å². The Morgan fingerprint density at radius 3 is 1.41 bits per heavy atom. The maximum atomic E-state index is 13.5. The van der Waals surface area contributed by atoms with Gasteiger partial charge in [-0.2, -0.15) is 11.8 Å². The van der Waals surface area contributed by atoms with E-state index in [4.69, 9.17) is 21.9 Å². The first-order valence-electron chi connectivity index (χ1n) is 23.5. The van der Waals surface area contributed by atoms with Gasteiger partial charge in [0.25, 0.3) is 0 Å². The molecule has 0 aromatic heterocycles. The molecule has 56 heavy (non-hydrogen) atoms. The Morgan fingerprint density at radius 1 is 0.589 bits per heavy atom. The summed E-state index contributed by atoms with van der Waals surface area (Å²) in [5.41, 5.74) is 17.0. The molecule has 3 atom stereocenters. The van der Waals surface area contributed by atoms with Gasteiger partial charge in [-0.25, -0.2) is 4.79 Å². The Hall–Kier alpha value is -2.00. The molecule has 0 radical (unpaired) electrons. The van der Waals surface area contributed by atoms with Gasteiger partial charge in [-0.05, 0) is 108 Å². The van der Waals surface area contributed by atoms with Gasteiger partial charge < -0.3 is 27.3 Å². The lowest BCUT2D eigenvalue weighted by atomic mass is 10.0. The number of nitrogens with two attached hydrogens (primary N) is 3. The van der Waals surface area contributed by atoms with Crippen molar-refractivity contribution in [3.63, 3.8) is 0 Å². The number of hydrogen-bond donors (Lipinski definition) is 4. The van der Waals surface area contributed by atoms with E-state index in [1.165, 1.54) is 148 Å². The zero-order chi connectivity index (χ0) is 41.2. The monoisotopic (exact) mass is 806 g/mol. The van der Waals surface area contributed by atoms with Crippen molar-refractivity contribution in [2.24, 2.45) is 22.2 Å². The third-order valence-corrected chi connectivity index (χ3v) is 11.3. The molecule has 0 saturated carbocycles. The van der Waals surface area contributed by atoms with Crippen LogP contribution in [0.5, 0.6) is 0 Å². The van der Waals surface area contributed by atoms with Gasteiger partial charge in [0.2, 0.25) is 5.91 Å². The Morgan fingerprint density at radius 2 is 1.00 bits per heavy atom. The number of carbonyl (C=O) groups excluding carboxylic acids is 2. The summed E-state index contributed by atoms with van der Waals surface area (Å²) in [6, 6.07) is -1.43. The van der Waals surface area contributed by atoms with E-state index in [0.717, 1.165) is 44.3 Å². The number of unbranched alkanes of at least 4 members (excludes halogenated alkanes) is 23. The van der Waals surface area contributed by atoms with Crippen LogP contribution in [0.25, 0.3) is 0 Å². The van der Waals surface area contributed by atoms with Gasteiger partial charge in [0, 0.05) is 6.54 Å². The number of esters is 1. The van der Waals surface area contributed by atoms with E-state index in [0.29, 0.717) is 25.8 Å². The second-order valence-corrected chi connectivity index (χ2v) is 17.0. The number of amides is 1. The molecule has 1 unspecified atom stereocenters. The van der Waals surface area contributed by atoms with Crippen molar-refractivity contribution >= 4 is 29.6 Å². The quantitative estimate of drug-likeness (QED) is 0.0158. The summed E-state index contributed by atoms with van der Waals surface area (Å²) in [6.07, 6.45) is 49.0. The van der Waals surface area contributed by atoms with Crippen LogP contribution in [0, 0.1) is 0 Å². The van der Waals surface area contributed by atoms with Crippen molar-refractivity contribution in [2.75, 3.05) is 18.6 Å². The molecule has 9 heteroatoms. The predicted molar refractivity (Wildman–Crippen MR) is 246 cm³/mol. The number of nitrogens with zero attached hydrogens (tertiary/aromatic N) is 1. The molecule has 0 spiro atoms. The minimum absolute atomic E-state index is 0.0245. The molecule has 8 nitrogen and oxygen atoms in total. The maximum absolute atomic E-state index is 13.5. The van der Waals surface area contributed by atoms with E-state index < -0.39 is 12.1 Å². The molecule has 0 saturated heterocycles. The number of allylic oxidation sites excluding steroid dienone is 4. The summed E-state index contributed by atoms with van der Waals surface area (Å²) in [5, 5.41) is 2.91. The fourth-order valence-electron chi connectivity index (χ4n) is 6.98. The molecule has 0 aromatic rings. The van der Waals surface area contributed by atoms with Crippen molar-refractivity contribution in [3.05, 3.63) is 24.3 Å². The Kier molecular flexibility index (Phi) is 41.1. The highest BCUT2D eigenvalue weighted by Gasteiger charge is 2.27. The molecule has 1 amide bonds. The average molecular weight is 806 g/mol. The summed E-state index contributed by atoms with van der Waals surface area (Å²) >= 11 is 1.65. The van der Waals surface area contributed by atoms with Gasteiger partial charge in [-0.3, -0.25) is 9.79 Å². The van der Waals surface area contributed by atoms with Crippen LogP contribution < -0.4 is 22.5 Å². The molecule has 328 valence electrons. The van der Waals surface area contributed by atoms with Crippen molar-refractivity contribution < 1.29 is 14.3 Å². The van der Waals surface area contributed by atoms with E-state index in [1.54, 1.807) is 11.8 Å². The van der Waals surface area contributed by atoms with Gasteiger partial charge >= 0.3 is 5.97 Å². The SMILES string of the molecule is CCCCCCCC/C=C\CCCCCCCCC(CCCCCCC/C=C\CCCCCCCC)OC(=O)[C@H](CCSC)NC(=O)[C@@H](N)CCCN=C(N)N. The molecule has 0 aliphatic heterocycles. The van der Waals surface area contributed by atoms with Crippen molar-refractivity contribution in [1.29, 1.82) is 0 Å². The van der Waals surface area contributed by atoms with Crippen LogP contribution in [-0.2, 0) is 14.3 Å². The Labute approximate surface area is 350 Å². The normalized spacial score (nSPS) is 13.3. The standard InChI is InChI=1S/C47H91N5O3S/c1-4-6-8-10-12-14-16-18-20-22-24-26-28-30-32-34-37-42(36-33-31-29-27-25-23-21-19-17-15-13-11-9-7-5-2)55-46(54)44(39-41-56-3)52-45(53)43(48)38-35-40-51-47(49)50/h18-21,42-44H,4-17,22-41,48H2,1-3H3,(H,52,53)(H4,49,50,51)/b20-18-,21-19-/t42?,43-,44-/m0/s1. The molecule has 7 N–H and O–H groups in total. The van der Waals surface area contributed by atoms with Crippen LogP contribution in [0.3, 0.4) is 0 Å². The smallest absolute Gasteiger partial charge is 0.328 e. The lowest BCUT2D eigenvalue weighted by Gasteiger charge is -2.24. The largest absolute Gasteiger partial charge is 0.461 e. The fourth-order valence-corrected chi connectivity index (χ4v) is 7.46. The van der Waals surface area contributed by atoms with Crippen LogP contribution in [0.2, 0.25) is 0 Å². The highest BCUT2D eigenvalue weighted by atomic mass is 32.2. The predicted octanol–water partition coefficient (Wildman–Crippen LogP) is 12.0. The van der Waals surface area contributed by atoms with Crippen LogP contribution in [0.15, 0.2) is 29.3 Å². The summed E-state index contributed by atoms with van der Waals surface area (Å²) in [6.45, 7) is 4.96. The van der Waals surface area contributed by atoms with Crippen LogP contribution in [0.4, 0.5) is 0 Å². The lowest BCUT2D eigenvalue weighted by Crippen LogP contribution is -2.49. The second-order valence-electron chi connectivity index (χ2n) is 16.1. The Bertz CT molecular complexity index is 971. The zero-order valence-electron chi connectivity index (χ0n) is 36.9.